The second kappa shape index (κ2) is 7.57. The summed E-state index contributed by atoms with van der Waals surface area (Å²) >= 11 is 0. The Morgan fingerprint density at radius 2 is 1.61 bits per heavy atom. The summed E-state index contributed by atoms with van der Waals surface area (Å²) in [6, 6.07) is 19.4. The SMILES string of the molecule is CC1(C)C=CC2=C(C1)CC(C)(C)c1c2ccc2cc(-c3c(O)cc4ccccc4c3C(=O)O)ccc12. The molecule has 0 atom stereocenters. The number of phenols is 1. The highest BCUT2D eigenvalue weighted by Crippen LogP contribution is 2.51. The number of carbonyl (C=O) groups is 1. The molecule has 4 aromatic rings. The van der Waals surface area contributed by atoms with Gasteiger partial charge in [0.1, 0.15) is 5.75 Å². The van der Waals surface area contributed by atoms with Gasteiger partial charge in [0.15, 0.2) is 0 Å². The van der Waals surface area contributed by atoms with Gasteiger partial charge in [-0.3, -0.25) is 0 Å². The van der Waals surface area contributed by atoms with E-state index in [2.05, 4.69) is 58.0 Å². The molecule has 0 aliphatic heterocycles. The predicted molar refractivity (Wildman–Crippen MR) is 148 cm³/mol. The third-order valence-corrected chi connectivity index (χ3v) is 7.92. The van der Waals surface area contributed by atoms with Crippen molar-refractivity contribution < 1.29 is 15.0 Å². The number of carboxylic acid groups (broad SMARTS) is 1. The topological polar surface area (TPSA) is 57.5 Å². The van der Waals surface area contributed by atoms with Crippen LogP contribution in [0.15, 0.2) is 78.4 Å². The number of allylic oxidation sites excluding steroid dienone is 4. The Morgan fingerprint density at radius 3 is 2.39 bits per heavy atom. The summed E-state index contributed by atoms with van der Waals surface area (Å²) in [6.07, 6.45) is 6.74. The van der Waals surface area contributed by atoms with Crippen molar-refractivity contribution in [3.8, 4) is 16.9 Å². The van der Waals surface area contributed by atoms with E-state index < -0.39 is 5.97 Å². The summed E-state index contributed by atoms with van der Waals surface area (Å²) in [5.74, 6) is -1.07. The molecule has 3 nitrogen and oxygen atoms in total. The minimum Gasteiger partial charge on any atom is -0.507 e. The summed E-state index contributed by atoms with van der Waals surface area (Å²) < 4.78 is 0. The van der Waals surface area contributed by atoms with Crippen molar-refractivity contribution in [1.82, 2.24) is 0 Å². The zero-order chi connectivity index (χ0) is 25.4. The van der Waals surface area contributed by atoms with Gasteiger partial charge in [-0.15, -0.1) is 0 Å². The quantitative estimate of drug-likeness (QED) is 0.306. The molecule has 6 rings (SSSR count). The van der Waals surface area contributed by atoms with Gasteiger partial charge in [0, 0.05) is 5.56 Å². The maximum atomic E-state index is 12.4. The van der Waals surface area contributed by atoms with Crippen molar-refractivity contribution in [2.75, 3.05) is 0 Å². The fraction of sp³-hybridized carbons (Fsp3) is 0.242. The zero-order valence-corrected chi connectivity index (χ0v) is 21.1. The van der Waals surface area contributed by atoms with Crippen molar-refractivity contribution in [3.05, 3.63) is 95.1 Å². The minimum absolute atomic E-state index is 0.0199. The molecule has 36 heavy (non-hydrogen) atoms. The Morgan fingerprint density at radius 1 is 0.861 bits per heavy atom. The normalized spacial score (nSPS) is 17.8. The molecule has 2 aliphatic carbocycles. The van der Waals surface area contributed by atoms with E-state index in [1.165, 1.54) is 27.7 Å². The zero-order valence-electron chi connectivity index (χ0n) is 21.1. The van der Waals surface area contributed by atoms with E-state index in [0.717, 1.165) is 18.2 Å². The highest BCUT2D eigenvalue weighted by Gasteiger charge is 2.36. The first-order chi connectivity index (χ1) is 17.1. The molecule has 0 amide bonds. The molecule has 0 saturated carbocycles. The number of hydrogen-bond donors (Lipinski definition) is 2. The van der Waals surface area contributed by atoms with Gasteiger partial charge in [-0.05, 0) is 79.6 Å². The molecule has 2 N–H and O–H groups in total. The summed E-state index contributed by atoms with van der Waals surface area (Å²) in [4.78, 5) is 12.4. The van der Waals surface area contributed by atoms with Crippen LogP contribution in [0.5, 0.6) is 5.75 Å². The Labute approximate surface area is 211 Å². The molecule has 0 aromatic heterocycles. The number of aromatic hydroxyl groups is 1. The Hall–Kier alpha value is -3.85. The first-order valence-corrected chi connectivity index (χ1v) is 12.5. The third-order valence-electron chi connectivity index (χ3n) is 7.92. The van der Waals surface area contributed by atoms with E-state index >= 15 is 0 Å². The monoisotopic (exact) mass is 474 g/mol. The first-order valence-electron chi connectivity index (χ1n) is 12.5. The van der Waals surface area contributed by atoms with E-state index in [-0.39, 0.29) is 22.1 Å². The van der Waals surface area contributed by atoms with Crippen LogP contribution in [0, 0.1) is 5.41 Å². The van der Waals surface area contributed by atoms with Crippen LogP contribution in [-0.4, -0.2) is 16.2 Å². The van der Waals surface area contributed by atoms with Crippen LogP contribution >= 0.6 is 0 Å². The van der Waals surface area contributed by atoms with Gasteiger partial charge in [0.2, 0.25) is 0 Å². The molecule has 0 fully saturated rings. The van der Waals surface area contributed by atoms with Gasteiger partial charge < -0.3 is 10.2 Å². The highest BCUT2D eigenvalue weighted by molar-refractivity contribution is 6.12. The van der Waals surface area contributed by atoms with Crippen molar-refractivity contribution in [1.29, 1.82) is 0 Å². The van der Waals surface area contributed by atoms with E-state index in [9.17, 15) is 15.0 Å². The lowest BCUT2D eigenvalue weighted by atomic mass is 9.64. The van der Waals surface area contributed by atoms with Crippen LogP contribution in [-0.2, 0) is 5.41 Å². The van der Waals surface area contributed by atoms with E-state index in [1.54, 1.807) is 12.1 Å². The lowest BCUT2D eigenvalue weighted by Gasteiger charge is -2.40. The third kappa shape index (κ3) is 3.37. The number of carboxylic acids is 1. The van der Waals surface area contributed by atoms with Gasteiger partial charge in [0.25, 0.3) is 0 Å². The molecule has 0 spiro atoms. The molecular formula is C33H30O3. The molecule has 2 aliphatic rings. The van der Waals surface area contributed by atoms with Crippen LogP contribution in [0.3, 0.4) is 0 Å². The van der Waals surface area contributed by atoms with Crippen molar-refractivity contribution in [2.45, 2.75) is 46.0 Å². The second-order valence-corrected chi connectivity index (χ2v) is 11.7. The summed E-state index contributed by atoms with van der Waals surface area (Å²) in [7, 11) is 0. The average molecular weight is 475 g/mol. The molecule has 4 aromatic carbocycles. The maximum absolute atomic E-state index is 12.4. The highest BCUT2D eigenvalue weighted by atomic mass is 16.4. The number of phenolic OH excluding ortho intramolecular Hbond substituents is 1. The van der Waals surface area contributed by atoms with Gasteiger partial charge in [-0.1, -0.05) is 94.0 Å². The van der Waals surface area contributed by atoms with E-state index in [1.807, 2.05) is 30.3 Å². The number of benzene rings is 4. The van der Waals surface area contributed by atoms with Gasteiger partial charge in [-0.2, -0.15) is 0 Å². The number of hydrogen-bond acceptors (Lipinski definition) is 2. The molecule has 0 radical (unpaired) electrons. The lowest BCUT2D eigenvalue weighted by molar-refractivity contribution is 0.0699. The fourth-order valence-corrected chi connectivity index (χ4v) is 6.48. The summed E-state index contributed by atoms with van der Waals surface area (Å²) in [5, 5.41) is 24.6. The standard InChI is InChI=1S/C33H30O3/c1-32(2)14-13-23-22(17-32)18-33(3,4)30-25-11-10-21(15-20(25)9-12-26(23)30)28-27(34)16-19-7-5-6-8-24(19)29(28)31(35)36/h5-16,34H,17-18H2,1-4H3,(H,35,36). The molecule has 180 valence electrons. The molecule has 0 saturated heterocycles. The van der Waals surface area contributed by atoms with Gasteiger partial charge in [-0.25, -0.2) is 4.79 Å². The summed E-state index contributed by atoms with van der Waals surface area (Å²) in [6.45, 7) is 9.24. The fourth-order valence-electron chi connectivity index (χ4n) is 6.48. The molecule has 0 heterocycles. The first kappa shape index (κ1) is 22.6. The molecular weight excluding hydrogens is 444 g/mol. The van der Waals surface area contributed by atoms with Crippen LogP contribution in [0.1, 0.15) is 62.0 Å². The Balaban J connectivity index is 1.58. The van der Waals surface area contributed by atoms with Crippen LogP contribution in [0.2, 0.25) is 0 Å². The Kier molecular flexibility index (Phi) is 4.75. The van der Waals surface area contributed by atoms with Crippen molar-refractivity contribution in [2.24, 2.45) is 5.41 Å². The largest absolute Gasteiger partial charge is 0.507 e. The Bertz CT molecular complexity index is 1660. The van der Waals surface area contributed by atoms with Gasteiger partial charge in [0.05, 0.1) is 5.56 Å². The average Bonchev–Trinajstić information content (AvgIpc) is 2.81. The van der Waals surface area contributed by atoms with Crippen molar-refractivity contribution in [3.63, 3.8) is 0 Å². The minimum atomic E-state index is -1.05. The number of fused-ring (bicyclic) bond motifs is 5. The number of aromatic carboxylic acids is 1. The second-order valence-electron chi connectivity index (χ2n) is 11.7. The van der Waals surface area contributed by atoms with Gasteiger partial charge >= 0.3 is 5.97 Å². The van der Waals surface area contributed by atoms with Crippen LogP contribution < -0.4 is 0 Å². The van der Waals surface area contributed by atoms with E-state index in [4.69, 9.17) is 0 Å². The molecule has 0 bridgehead atoms. The lowest BCUT2D eigenvalue weighted by Crippen LogP contribution is -2.27. The smallest absolute Gasteiger partial charge is 0.337 e. The predicted octanol–water partition coefficient (Wildman–Crippen LogP) is 8.48. The maximum Gasteiger partial charge on any atom is 0.337 e. The molecule has 3 heteroatoms. The summed E-state index contributed by atoms with van der Waals surface area (Å²) in [5.41, 5.74) is 6.89. The van der Waals surface area contributed by atoms with Crippen LogP contribution in [0.4, 0.5) is 0 Å². The number of rotatable bonds is 2. The molecule has 0 unspecified atom stereocenters. The van der Waals surface area contributed by atoms with Crippen LogP contribution in [0.25, 0.3) is 38.2 Å². The van der Waals surface area contributed by atoms with E-state index in [0.29, 0.717) is 21.9 Å². The van der Waals surface area contributed by atoms with Crippen molar-refractivity contribution >= 4 is 33.1 Å².